The molecule has 2 heterocycles. The maximum Gasteiger partial charge on any atom is 0.0998 e. The van der Waals surface area contributed by atoms with E-state index in [-0.39, 0.29) is 0 Å². The summed E-state index contributed by atoms with van der Waals surface area (Å²) in [5, 5.41) is 23.1. The second kappa shape index (κ2) is 12.8. The predicted molar refractivity (Wildman–Crippen MR) is 222 cm³/mol. The van der Waals surface area contributed by atoms with Crippen LogP contribution in [0, 0.1) is 22.7 Å². The molecule has 9 aromatic rings. The van der Waals surface area contributed by atoms with Gasteiger partial charge in [0.25, 0.3) is 0 Å². The highest BCUT2D eigenvalue weighted by atomic mass is 15.2. The minimum atomic E-state index is -0.610. The number of anilines is 3. The first-order valence-electron chi connectivity index (χ1n) is 18.4. The van der Waals surface area contributed by atoms with Crippen molar-refractivity contribution in [2.45, 2.75) is 5.41 Å². The molecule has 1 aliphatic rings. The van der Waals surface area contributed by atoms with Crippen molar-refractivity contribution in [3.63, 3.8) is 0 Å². The van der Waals surface area contributed by atoms with Crippen LogP contribution in [0.1, 0.15) is 33.4 Å². The summed E-state index contributed by atoms with van der Waals surface area (Å²) in [4.78, 5) is 2.36. The molecule has 8 aromatic carbocycles. The number of benzene rings is 8. The fourth-order valence-corrected chi connectivity index (χ4v) is 8.94. The highest BCUT2D eigenvalue weighted by Gasteiger charge is 2.46. The van der Waals surface area contributed by atoms with Gasteiger partial charge >= 0.3 is 0 Å². The van der Waals surface area contributed by atoms with E-state index >= 15 is 0 Å². The van der Waals surface area contributed by atoms with E-state index in [1.54, 1.807) is 18.2 Å². The molecule has 0 atom stereocenters. The van der Waals surface area contributed by atoms with Gasteiger partial charge in [-0.05, 0) is 82.4 Å². The van der Waals surface area contributed by atoms with E-state index in [1.165, 1.54) is 11.1 Å². The van der Waals surface area contributed by atoms with E-state index in [4.69, 9.17) is 0 Å². The van der Waals surface area contributed by atoms with Crippen LogP contribution < -0.4 is 4.90 Å². The molecule has 0 saturated heterocycles. The molecule has 256 valence electrons. The fourth-order valence-electron chi connectivity index (χ4n) is 8.94. The van der Waals surface area contributed by atoms with Crippen LogP contribution in [0.4, 0.5) is 17.1 Å². The van der Waals surface area contributed by atoms with Crippen molar-refractivity contribution < 1.29 is 0 Å². The van der Waals surface area contributed by atoms with Gasteiger partial charge in [0.2, 0.25) is 0 Å². The van der Waals surface area contributed by atoms with Crippen molar-refractivity contribution >= 4 is 38.9 Å². The zero-order valence-corrected chi connectivity index (χ0v) is 29.8. The number of rotatable bonds is 5. The molecule has 1 aromatic heterocycles. The van der Waals surface area contributed by atoms with E-state index < -0.39 is 5.41 Å². The zero-order chi connectivity index (χ0) is 36.9. The second-order valence-electron chi connectivity index (χ2n) is 13.9. The summed E-state index contributed by atoms with van der Waals surface area (Å²) >= 11 is 0. The first-order valence-corrected chi connectivity index (χ1v) is 18.4. The first kappa shape index (κ1) is 32.0. The third kappa shape index (κ3) is 4.76. The number of aromatic nitrogens is 1. The lowest BCUT2D eigenvalue weighted by Crippen LogP contribution is -2.37. The SMILES string of the molecule is N#Cc1cccc(C#N)c1-c1cc(N2c3ccccc3C(c3ccccc3)(c3ccccc3)c3ccccc32)cc(-n2c3ccccc3c3ccccc32)c1. The van der Waals surface area contributed by atoms with E-state index in [2.05, 4.69) is 198 Å². The Hall–Kier alpha value is -7.66. The van der Waals surface area contributed by atoms with Crippen LogP contribution in [0.15, 0.2) is 194 Å². The van der Waals surface area contributed by atoms with Gasteiger partial charge in [-0.25, -0.2) is 0 Å². The van der Waals surface area contributed by atoms with Crippen LogP contribution >= 0.6 is 0 Å². The van der Waals surface area contributed by atoms with E-state index in [0.717, 1.165) is 61.2 Å². The Bertz CT molecular complexity index is 2840. The Kier molecular flexibility index (Phi) is 7.44. The molecule has 0 radical (unpaired) electrons. The summed E-state index contributed by atoms with van der Waals surface area (Å²) in [6.07, 6.45) is 0. The van der Waals surface area contributed by atoms with Crippen molar-refractivity contribution in [3.05, 3.63) is 228 Å². The third-order valence-corrected chi connectivity index (χ3v) is 11.1. The summed E-state index contributed by atoms with van der Waals surface area (Å²) in [7, 11) is 0. The van der Waals surface area contributed by atoms with Crippen molar-refractivity contribution in [1.82, 2.24) is 4.57 Å². The van der Waals surface area contributed by atoms with Crippen molar-refractivity contribution in [3.8, 4) is 29.0 Å². The average molecular weight is 701 g/mol. The van der Waals surface area contributed by atoms with Gasteiger partial charge < -0.3 is 9.47 Å². The monoisotopic (exact) mass is 700 g/mol. The number of hydrogen-bond donors (Lipinski definition) is 0. The number of hydrogen-bond acceptors (Lipinski definition) is 3. The van der Waals surface area contributed by atoms with Gasteiger partial charge in [0.05, 0.1) is 51.1 Å². The van der Waals surface area contributed by atoms with Gasteiger partial charge in [-0.15, -0.1) is 0 Å². The van der Waals surface area contributed by atoms with Gasteiger partial charge in [0.15, 0.2) is 0 Å². The quantitative estimate of drug-likeness (QED) is 0.180. The summed E-state index contributed by atoms with van der Waals surface area (Å²) in [6.45, 7) is 0. The Morgan fingerprint density at radius 2 is 0.873 bits per heavy atom. The number of fused-ring (bicyclic) bond motifs is 5. The number of nitriles is 2. The summed E-state index contributed by atoms with van der Waals surface area (Å²) in [6, 6.07) is 72.6. The molecule has 0 saturated carbocycles. The molecule has 0 fully saturated rings. The molecular weight excluding hydrogens is 669 g/mol. The molecule has 0 unspecified atom stereocenters. The van der Waals surface area contributed by atoms with Crippen molar-refractivity contribution in [2.75, 3.05) is 4.90 Å². The maximum absolute atomic E-state index is 10.4. The average Bonchev–Trinajstić information content (AvgIpc) is 3.60. The fraction of sp³-hybridized carbons (Fsp3) is 0.0196. The molecule has 1 aliphatic heterocycles. The van der Waals surface area contributed by atoms with E-state index in [1.807, 2.05) is 0 Å². The standard InChI is InChI=1S/C51H32N4/c52-33-35-16-15-17-36(34-53)50(35)37-30-40(54-46-26-11-7-22-42(46)43-23-8-12-27-47(43)54)32-41(31-37)55-48-28-13-9-24-44(48)51(38-18-3-1-4-19-38,39-20-5-2-6-21-39)45-25-10-14-29-49(45)55/h1-32H. The largest absolute Gasteiger partial charge is 0.310 e. The first-order chi connectivity index (χ1) is 27.2. The highest BCUT2D eigenvalue weighted by Crippen LogP contribution is 2.58. The second-order valence-corrected chi connectivity index (χ2v) is 13.9. The van der Waals surface area contributed by atoms with Gasteiger partial charge in [-0.1, -0.05) is 140 Å². The topological polar surface area (TPSA) is 55.8 Å². The Labute approximate surface area is 319 Å². The molecule has 0 N–H and O–H groups in total. The number of nitrogens with zero attached hydrogens (tertiary/aromatic N) is 4. The van der Waals surface area contributed by atoms with Crippen LogP contribution in [0.25, 0.3) is 38.6 Å². The third-order valence-electron chi connectivity index (χ3n) is 11.1. The molecule has 0 bridgehead atoms. The lowest BCUT2D eigenvalue weighted by molar-refractivity contribution is 0.731. The van der Waals surface area contributed by atoms with Gasteiger partial charge in [0, 0.05) is 27.7 Å². The van der Waals surface area contributed by atoms with Crippen LogP contribution in [0.2, 0.25) is 0 Å². The van der Waals surface area contributed by atoms with Gasteiger partial charge in [-0.2, -0.15) is 10.5 Å². The number of para-hydroxylation sites is 4. The molecule has 4 heteroatoms. The Balaban J connectivity index is 1.33. The molecule has 4 nitrogen and oxygen atoms in total. The lowest BCUT2D eigenvalue weighted by atomic mass is 9.62. The van der Waals surface area contributed by atoms with Crippen LogP contribution in [-0.4, -0.2) is 4.57 Å². The Morgan fingerprint density at radius 1 is 0.418 bits per heavy atom. The summed E-state index contributed by atoms with van der Waals surface area (Å²) in [5.74, 6) is 0. The highest BCUT2D eigenvalue weighted by molar-refractivity contribution is 6.09. The normalized spacial score (nSPS) is 12.8. The Morgan fingerprint density at radius 3 is 1.40 bits per heavy atom. The summed E-state index contributed by atoms with van der Waals surface area (Å²) < 4.78 is 2.30. The zero-order valence-electron chi connectivity index (χ0n) is 29.8. The van der Waals surface area contributed by atoms with Crippen LogP contribution in [-0.2, 0) is 5.41 Å². The van der Waals surface area contributed by atoms with E-state index in [0.29, 0.717) is 16.7 Å². The molecule has 10 rings (SSSR count). The summed E-state index contributed by atoms with van der Waals surface area (Å²) in [5.41, 5.74) is 12.5. The lowest BCUT2D eigenvalue weighted by Gasteiger charge is -2.46. The van der Waals surface area contributed by atoms with E-state index in [9.17, 15) is 10.5 Å². The molecule has 0 spiro atoms. The molecule has 0 amide bonds. The molecular formula is C51H32N4. The predicted octanol–water partition coefficient (Wildman–Crippen LogP) is 12.4. The van der Waals surface area contributed by atoms with Gasteiger partial charge in [-0.3, -0.25) is 0 Å². The molecule has 0 aliphatic carbocycles. The van der Waals surface area contributed by atoms with Crippen LogP contribution in [0.3, 0.4) is 0 Å². The van der Waals surface area contributed by atoms with Gasteiger partial charge in [0.1, 0.15) is 0 Å². The minimum Gasteiger partial charge on any atom is -0.310 e. The van der Waals surface area contributed by atoms with Crippen LogP contribution in [0.5, 0.6) is 0 Å². The smallest absolute Gasteiger partial charge is 0.0998 e. The molecule has 55 heavy (non-hydrogen) atoms. The minimum absolute atomic E-state index is 0.455. The van der Waals surface area contributed by atoms with Crippen molar-refractivity contribution in [1.29, 1.82) is 10.5 Å². The van der Waals surface area contributed by atoms with Crippen molar-refractivity contribution in [2.24, 2.45) is 0 Å². The maximum atomic E-state index is 10.4.